The van der Waals surface area contributed by atoms with Gasteiger partial charge in [-0.05, 0) is 50.2 Å². The minimum Gasteiger partial charge on any atom is -0.507 e. The van der Waals surface area contributed by atoms with Crippen LogP contribution in [0.25, 0.3) is 0 Å². The predicted octanol–water partition coefficient (Wildman–Crippen LogP) is 4.99. The van der Waals surface area contributed by atoms with E-state index in [1.165, 1.54) is 5.57 Å². The number of allylic oxidation sites excluding steroid dienone is 2. The van der Waals surface area contributed by atoms with E-state index in [4.69, 9.17) is 0 Å². The number of aromatic hydroxyl groups is 2. The zero-order valence-electron chi connectivity index (χ0n) is 14.8. The van der Waals surface area contributed by atoms with Crippen LogP contribution in [-0.4, -0.2) is 21.3 Å². The van der Waals surface area contributed by atoms with Crippen LogP contribution in [0.3, 0.4) is 0 Å². The molecule has 0 bridgehead atoms. The number of hydrogen-bond acceptors (Lipinski definition) is 3. The van der Waals surface area contributed by atoms with E-state index in [0.29, 0.717) is 17.5 Å². The molecule has 132 valence electrons. The third kappa shape index (κ3) is 3.74. The lowest BCUT2D eigenvalue weighted by Gasteiger charge is -2.29. The first-order chi connectivity index (χ1) is 11.4. The summed E-state index contributed by atoms with van der Waals surface area (Å²) in [5.74, 6) is -1.30. The second-order valence-corrected chi connectivity index (χ2v) is 7.01. The van der Waals surface area contributed by atoms with E-state index in [-0.39, 0.29) is 28.9 Å². The van der Waals surface area contributed by atoms with Gasteiger partial charge < -0.3 is 15.3 Å². The van der Waals surface area contributed by atoms with Gasteiger partial charge in [-0.2, -0.15) is 0 Å². The molecule has 1 aliphatic carbocycles. The summed E-state index contributed by atoms with van der Waals surface area (Å²) in [6.45, 7) is 6.18. The number of rotatable bonds is 6. The van der Waals surface area contributed by atoms with Gasteiger partial charge in [0.25, 0.3) is 0 Å². The maximum atomic E-state index is 11.7. The minimum absolute atomic E-state index is 0.00629. The summed E-state index contributed by atoms with van der Waals surface area (Å²) in [6.07, 6.45) is 7.42. The Kier molecular flexibility index (Phi) is 5.92. The van der Waals surface area contributed by atoms with E-state index >= 15 is 0 Å². The van der Waals surface area contributed by atoms with E-state index in [1.807, 2.05) is 13.0 Å². The molecule has 0 heterocycles. The predicted molar refractivity (Wildman–Crippen MR) is 94.9 cm³/mol. The largest absolute Gasteiger partial charge is 0.507 e. The number of unbranched alkanes of at least 4 members (excludes halogenated alkanes) is 2. The van der Waals surface area contributed by atoms with E-state index in [9.17, 15) is 20.1 Å². The van der Waals surface area contributed by atoms with Gasteiger partial charge in [-0.3, -0.25) is 0 Å². The fourth-order valence-electron chi connectivity index (χ4n) is 3.61. The van der Waals surface area contributed by atoms with Gasteiger partial charge in [0, 0.05) is 11.5 Å². The summed E-state index contributed by atoms with van der Waals surface area (Å²) in [7, 11) is 0. The van der Waals surface area contributed by atoms with Gasteiger partial charge >= 0.3 is 5.97 Å². The molecule has 0 unspecified atom stereocenters. The molecule has 0 fully saturated rings. The highest BCUT2D eigenvalue weighted by molar-refractivity contribution is 5.94. The molecule has 0 aliphatic heterocycles. The molecule has 0 aromatic heterocycles. The Morgan fingerprint density at radius 3 is 2.62 bits per heavy atom. The second-order valence-electron chi connectivity index (χ2n) is 7.01. The van der Waals surface area contributed by atoms with Crippen LogP contribution in [0.1, 0.15) is 80.3 Å². The molecule has 4 heteroatoms. The van der Waals surface area contributed by atoms with Crippen molar-refractivity contribution in [1.29, 1.82) is 0 Å². The quantitative estimate of drug-likeness (QED) is 0.506. The van der Waals surface area contributed by atoms with Gasteiger partial charge in [-0.1, -0.05) is 38.3 Å². The molecule has 0 spiro atoms. The highest BCUT2D eigenvalue weighted by atomic mass is 16.4. The number of benzene rings is 1. The normalized spacial score (nSPS) is 20.7. The van der Waals surface area contributed by atoms with Crippen molar-refractivity contribution in [2.45, 2.75) is 65.2 Å². The fraction of sp³-hybridized carbons (Fsp3) is 0.550. The summed E-state index contributed by atoms with van der Waals surface area (Å²) in [4.78, 5) is 11.7. The van der Waals surface area contributed by atoms with Crippen molar-refractivity contribution in [3.8, 4) is 11.5 Å². The van der Waals surface area contributed by atoms with E-state index < -0.39 is 5.97 Å². The Hall–Kier alpha value is -1.97. The number of phenols is 2. The van der Waals surface area contributed by atoms with Crippen LogP contribution in [0.2, 0.25) is 0 Å². The lowest BCUT2D eigenvalue weighted by molar-refractivity contribution is 0.0692. The van der Waals surface area contributed by atoms with Crippen LogP contribution >= 0.6 is 0 Å². The van der Waals surface area contributed by atoms with Crippen molar-refractivity contribution >= 4 is 5.97 Å². The number of phenolic OH excluding ortho intramolecular Hbond substituents is 1. The smallest absolute Gasteiger partial charge is 0.339 e. The Labute approximate surface area is 143 Å². The van der Waals surface area contributed by atoms with Crippen LogP contribution in [0.5, 0.6) is 11.5 Å². The van der Waals surface area contributed by atoms with Crippen molar-refractivity contribution in [2.24, 2.45) is 5.92 Å². The van der Waals surface area contributed by atoms with E-state index in [1.54, 1.807) is 6.07 Å². The van der Waals surface area contributed by atoms with Crippen molar-refractivity contribution in [2.75, 3.05) is 0 Å². The minimum atomic E-state index is -1.13. The van der Waals surface area contributed by atoms with Gasteiger partial charge in [-0.15, -0.1) is 0 Å². The van der Waals surface area contributed by atoms with E-state index in [2.05, 4.69) is 13.8 Å². The van der Waals surface area contributed by atoms with Gasteiger partial charge in [0.1, 0.15) is 17.1 Å². The Morgan fingerprint density at radius 1 is 1.29 bits per heavy atom. The summed E-state index contributed by atoms with van der Waals surface area (Å²) >= 11 is 0. The van der Waals surface area contributed by atoms with Crippen molar-refractivity contribution in [1.82, 2.24) is 0 Å². The summed E-state index contributed by atoms with van der Waals surface area (Å²) < 4.78 is 0. The number of carbonyl (C=O) groups is 1. The third-order valence-electron chi connectivity index (χ3n) is 5.07. The molecule has 0 amide bonds. The lowest BCUT2D eigenvalue weighted by Crippen LogP contribution is -2.15. The van der Waals surface area contributed by atoms with Crippen LogP contribution in [0.4, 0.5) is 0 Å². The first kappa shape index (κ1) is 18.4. The van der Waals surface area contributed by atoms with Gasteiger partial charge in [0.05, 0.1) is 0 Å². The molecular weight excluding hydrogens is 304 g/mol. The standard InChI is InChI=1S/C20H28O4/c1-4-5-6-7-14-11-16(21)18(19(22)17(14)20(23)24)15-10-12(2)8-9-13(15)3/h10-11,13,15,21-22H,4-9H2,1-3H3,(H,23,24)/t13-,15-/m1/s1. The molecule has 2 rings (SSSR count). The Bertz CT molecular complexity index is 646. The summed E-state index contributed by atoms with van der Waals surface area (Å²) in [6, 6.07) is 1.54. The maximum Gasteiger partial charge on any atom is 0.339 e. The van der Waals surface area contributed by atoms with Crippen LogP contribution in [0, 0.1) is 5.92 Å². The molecule has 1 aliphatic rings. The average Bonchev–Trinajstić information content (AvgIpc) is 2.50. The van der Waals surface area contributed by atoms with Gasteiger partial charge in [0.15, 0.2) is 0 Å². The Balaban J connectivity index is 2.52. The maximum absolute atomic E-state index is 11.7. The van der Waals surface area contributed by atoms with Gasteiger partial charge in [-0.25, -0.2) is 4.79 Å². The van der Waals surface area contributed by atoms with Crippen molar-refractivity contribution in [3.05, 3.63) is 34.4 Å². The number of carboxylic acid groups (broad SMARTS) is 1. The molecule has 0 saturated carbocycles. The highest BCUT2D eigenvalue weighted by Gasteiger charge is 2.30. The summed E-state index contributed by atoms with van der Waals surface area (Å²) in [5, 5.41) is 30.8. The Morgan fingerprint density at radius 2 is 2.00 bits per heavy atom. The monoisotopic (exact) mass is 332 g/mol. The lowest BCUT2D eigenvalue weighted by atomic mass is 9.76. The van der Waals surface area contributed by atoms with Crippen LogP contribution < -0.4 is 0 Å². The molecule has 0 radical (unpaired) electrons. The number of aryl methyl sites for hydroxylation is 1. The molecule has 1 aromatic carbocycles. The molecule has 2 atom stereocenters. The van der Waals surface area contributed by atoms with Crippen LogP contribution in [0.15, 0.2) is 17.7 Å². The zero-order valence-corrected chi connectivity index (χ0v) is 14.8. The topological polar surface area (TPSA) is 77.8 Å². The molecular formula is C20H28O4. The molecule has 24 heavy (non-hydrogen) atoms. The van der Waals surface area contributed by atoms with Crippen LogP contribution in [-0.2, 0) is 6.42 Å². The first-order valence-electron chi connectivity index (χ1n) is 8.85. The number of aromatic carboxylic acids is 1. The average molecular weight is 332 g/mol. The van der Waals surface area contributed by atoms with Crippen molar-refractivity contribution < 1.29 is 20.1 Å². The van der Waals surface area contributed by atoms with Crippen molar-refractivity contribution in [3.63, 3.8) is 0 Å². The molecule has 1 aromatic rings. The molecule has 3 N–H and O–H groups in total. The van der Waals surface area contributed by atoms with E-state index in [0.717, 1.165) is 32.1 Å². The highest BCUT2D eigenvalue weighted by Crippen LogP contribution is 2.46. The molecule has 0 saturated heterocycles. The molecule has 4 nitrogen and oxygen atoms in total. The fourth-order valence-corrected chi connectivity index (χ4v) is 3.61. The number of hydrogen-bond donors (Lipinski definition) is 3. The third-order valence-corrected chi connectivity index (χ3v) is 5.07. The van der Waals surface area contributed by atoms with Gasteiger partial charge in [0.2, 0.25) is 0 Å². The number of carboxylic acids is 1. The first-order valence-corrected chi connectivity index (χ1v) is 8.85. The summed E-state index contributed by atoms with van der Waals surface area (Å²) in [5.41, 5.74) is 2.03. The SMILES string of the molecule is CCCCCc1cc(O)c([C@@H]2C=C(C)CC[C@H]2C)c(O)c1C(=O)O. The zero-order chi connectivity index (χ0) is 17.9. The second kappa shape index (κ2) is 7.73.